The monoisotopic (exact) mass is 328 g/mol. The van der Waals surface area contributed by atoms with Crippen LogP contribution in [0.3, 0.4) is 0 Å². The molecule has 1 saturated heterocycles. The van der Waals surface area contributed by atoms with Crippen LogP contribution in [0.15, 0.2) is 24.3 Å². The van der Waals surface area contributed by atoms with Crippen LogP contribution in [-0.2, 0) is 4.74 Å². The van der Waals surface area contributed by atoms with Gasteiger partial charge in [-0.3, -0.25) is 4.79 Å². The van der Waals surface area contributed by atoms with E-state index in [1.807, 2.05) is 29.2 Å². The Balaban J connectivity index is 0.00000242. The fourth-order valence-corrected chi connectivity index (χ4v) is 2.48. The lowest BCUT2D eigenvalue weighted by Crippen LogP contribution is -2.34. The molecule has 1 aromatic carbocycles. The number of halogens is 1. The number of hydrogen-bond donors (Lipinski definition) is 1. The molecule has 2 rings (SSSR count). The number of ether oxygens (including phenoxy) is 2. The van der Waals surface area contributed by atoms with Crippen molar-refractivity contribution in [3.05, 3.63) is 29.8 Å². The molecule has 22 heavy (non-hydrogen) atoms. The molecule has 0 bridgehead atoms. The number of carbonyl (C=O) groups excluding carboxylic acids is 1. The summed E-state index contributed by atoms with van der Waals surface area (Å²) in [5.74, 6) is 0.812. The first-order valence-corrected chi connectivity index (χ1v) is 7.29. The van der Waals surface area contributed by atoms with E-state index >= 15 is 0 Å². The number of nitrogens with two attached hydrogens (primary N) is 1. The van der Waals surface area contributed by atoms with Crippen molar-refractivity contribution in [1.29, 1.82) is 0 Å². The number of likely N-dealkylation sites (tertiary alicyclic amines) is 1. The summed E-state index contributed by atoms with van der Waals surface area (Å²) >= 11 is 0. The van der Waals surface area contributed by atoms with Gasteiger partial charge in [0.25, 0.3) is 5.91 Å². The van der Waals surface area contributed by atoms with E-state index < -0.39 is 0 Å². The van der Waals surface area contributed by atoms with Gasteiger partial charge in [0.1, 0.15) is 12.4 Å². The van der Waals surface area contributed by atoms with Crippen molar-refractivity contribution in [1.82, 2.24) is 4.90 Å². The Morgan fingerprint density at radius 1 is 1.32 bits per heavy atom. The normalized spacial score (nSPS) is 20.6. The average molecular weight is 329 g/mol. The van der Waals surface area contributed by atoms with Gasteiger partial charge in [-0.25, -0.2) is 0 Å². The van der Waals surface area contributed by atoms with Gasteiger partial charge in [0.05, 0.1) is 6.61 Å². The second kappa shape index (κ2) is 8.36. The van der Waals surface area contributed by atoms with Crippen molar-refractivity contribution >= 4 is 18.3 Å². The Bertz CT molecular complexity index is 481. The third-order valence-corrected chi connectivity index (χ3v) is 4.00. The van der Waals surface area contributed by atoms with E-state index in [2.05, 4.69) is 6.92 Å². The number of nitrogens with zero attached hydrogens (tertiary/aromatic N) is 1. The highest BCUT2D eigenvalue weighted by Gasteiger charge is 2.35. The molecule has 124 valence electrons. The van der Waals surface area contributed by atoms with E-state index in [0.717, 1.165) is 25.3 Å². The van der Waals surface area contributed by atoms with Crippen molar-refractivity contribution in [2.45, 2.75) is 13.3 Å². The zero-order valence-electron chi connectivity index (χ0n) is 13.2. The molecule has 0 aromatic heterocycles. The molecule has 1 amide bonds. The Morgan fingerprint density at radius 2 is 2.00 bits per heavy atom. The molecule has 1 atom stereocenters. The van der Waals surface area contributed by atoms with Gasteiger partial charge in [0.15, 0.2) is 0 Å². The van der Waals surface area contributed by atoms with Gasteiger partial charge in [-0.2, -0.15) is 0 Å². The van der Waals surface area contributed by atoms with Crippen LogP contribution in [0.25, 0.3) is 0 Å². The standard InChI is InChI=1S/C16H24N2O3.ClH/c1-16(11-17)7-8-18(12-16)15(19)13-3-5-14(6-4-13)21-10-9-20-2;/h3-6H,7-12,17H2,1-2H3;1H. The second-order valence-electron chi connectivity index (χ2n) is 5.86. The largest absolute Gasteiger partial charge is 0.491 e. The summed E-state index contributed by atoms with van der Waals surface area (Å²) in [6, 6.07) is 7.26. The highest BCUT2D eigenvalue weighted by Crippen LogP contribution is 2.29. The molecule has 1 aromatic rings. The Morgan fingerprint density at radius 3 is 2.55 bits per heavy atom. The maximum absolute atomic E-state index is 12.4. The smallest absolute Gasteiger partial charge is 0.253 e. The summed E-state index contributed by atoms with van der Waals surface area (Å²) in [4.78, 5) is 14.3. The third kappa shape index (κ3) is 4.60. The van der Waals surface area contributed by atoms with Crippen LogP contribution in [0.2, 0.25) is 0 Å². The number of amides is 1. The lowest BCUT2D eigenvalue weighted by atomic mass is 9.90. The van der Waals surface area contributed by atoms with Crippen LogP contribution in [0, 0.1) is 5.41 Å². The van der Waals surface area contributed by atoms with Crippen molar-refractivity contribution in [2.24, 2.45) is 11.1 Å². The Labute approximate surface area is 138 Å². The zero-order chi connectivity index (χ0) is 15.3. The Hall–Kier alpha value is -1.30. The molecular formula is C16H25ClN2O3. The van der Waals surface area contributed by atoms with Crippen molar-refractivity contribution < 1.29 is 14.3 Å². The fourth-order valence-electron chi connectivity index (χ4n) is 2.48. The summed E-state index contributed by atoms with van der Waals surface area (Å²) in [6.45, 7) is 5.31. The quantitative estimate of drug-likeness (QED) is 0.811. The minimum absolute atomic E-state index is 0. The molecule has 1 aliphatic heterocycles. The van der Waals surface area contributed by atoms with Crippen LogP contribution >= 0.6 is 12.4 Å². The van der Waals surface area contributed by atoms with Gasteiger partial charge in [-0.15, -0.1) is 12.4 Å². The number of carbonyl (C=O) groups is 1. The fraction of sp³-hybridized carbons (Fsp3) is 0.562. The minimum atomic E-state index is 0. The van der Waals surface area contributed by atoms with Gasteiger partial charge in [0, 0.05) is 25.8 Å². The lowest BCUT2D eigenvalue weighted by Gasteiger charge is -2.22. The number of benzene rings is 1. The maximum Gasteiger partial charge on any atom is 0.253 e. The Kier molecular flexibility index (Phi) is 7.13. The molecule has 1 heterocycles. The topological polar surface area (TPSA) is 64.8 Å². The molecule has 0 spiro atoms. The van der Waals surface area contributed by atoms with Crippen molar-refractivity contribution in [3.8, 4) is 5.75 Å². The summed E-state index contributed by atoms with van der Waals surface area (Å²) < 4.78 is 10.4. The summed E-state index contributed by atoms with van der Waals surface area (Å²) in [5.41, 5.74) is 6.53. The molecule has 1 aliphatic rings. The molecule has 6 heteroatoms. The van der Waals surface area contributed by atoms with Gasteiger partial charge in [-0.1, -0.05) is 6.92 Å². The SMILES string of the molecule is COCCOc1ccc(C(=O)N2CCC(C)(CN)C2)cc1.Cl. The number of hydrogen-bond acceptors (Lipinski definition) is 4. The van der Waals surface area contributed by atoms with E-state index in [1.165, 1.54) is 0 Å². The minimum Gasteiger partial charge on any atom is -0.491 e. The molecular weight excluding hydrogens is 304 g/mol. The maximum atomic E-state index is 12.4. The van der Waals surface area contributed by atoms with Gasteiger partial charge >= 0.3 is 0 Å². The summed E-state index contributed by atoms with van der Waals surface area (Å²) in [6.07, 6.45) is 0.966. The van der Waals surface area contributed by atoms with E-state index in [1.54, 1.807) is 7.11 Å². The molecule has 5 nitrogen and oxygen atoms in total. The molecule has 0 aliphatic carbocycles. The van der Waals surface area contributed by atoms with E-state index in [-0.39, 0.29) is 23.7 Å². The summed E-state index contributed by atoms with van der Waals surface area (Å²) in [7, 11) is 1.64. The average Bonchev–Trinajstić information content (AvgIpc) is 2.91. The first-order valence-electron chi connectivity index (χ1n) is 7.29. The number of methoxy groups -OCH3 is 1. The third-order valence-electron chi connectivity index (χ3n) is 4.00. The predicted molar refractivity (Wildman–Crippen MR) is 88.7 cm³/mol. The summed E-state index contributed by atoms with van der Waals surface area (Å²) in [5, 5.41) is 0. The van der Waals surface area contributed by atoms with Crippen LogP contribution in [0.1, 0.15) is 23.7 Å². The molecule has 1 unspecified atom stereocenters. The van der Waals surface area contributed by atoms with Gasteiger partial charge in [0.2, 0.25) is 0 Å². The lowest BCUT2D eigenvalue weighted by molar-refractivity contribution is 0.0777. The van der Waals surface area contributed by atoms with E-state index in [9.17, 15) is 4.79 Å². The van der Waals surface area contributed by atoms with Gasteiger partial charge < -0.3 is 20.1 Å². The van der Waals surface area contributed by atoms with Gasteiger partial charge in [-0.05, 0) is 42.6 Å². The number of rotatable bonds is 6. The first-order chi connectivity index (χ1) is 10.1. The predicted octanol–water partition coefficient (Wildman–Crippen LogP) is 1.94. The van der Waals surface area contributed by atoms with Crippen LogP contribution in [0.5, 0.6) is 5.75 Å². The van der Waals surface area contributed by atoms with Crippen LogP contribution in [0.4, 0.5) is 0 Å². The molecule has 1 fully saturated rings. The van der Waals surface area contributed by atoms with E-state index in [4.69, 9.17) is 15.2 Å². The second-order valence-corrected chi connectivity index (χ2v) is 5.86. The molecule has 0 radical (unpaired) electrons. The van der Waals surface area contributed by atoms with Crippen LogP contribution in [-0.4, -0.2) is 50.8 Å². The van der Waals surface area contributed by atoms with E-state index in [0.29, 0.717) is 25.3 Å². The highest BCUT2D eigenvalue weighted by atomic mass is 35.5. The van der Waals surface area contributed by atoms with Crippen molar-refractivity contribution in [3.63, 3.8) is 0 Å². The molecule has 0 saturated carbocycles. The van der Waals surface area contributed by atoms with Crippen molar-refractivity contribution in [2.75, 3.05) is 40.0 Å². The first kappa shape index (κ1) is 18.7. The zero-order valence-corrected chi connectivity index (χ0v) is 14.0. The van der Waals surface area contributed by atoms with Crippen LogP contribution < -0.4 is 10.5 Å². The highest BCUT2D eigenvalue weighted by molar-refractivity contribution is 5.94. The molecule has 2 N–H and O–H groups in total.